The lowest BCUT2D eigenvalue weighted by Crippen LogP contribution is -2.69. The van der Waals surface area contributed by atoms with Crippen LogP contribution in [0.25, 0.3) is 0 Å². The molecule has 2 amide bonds. The minimum absolute atomic E-state index is 0.0464. The van der Waals surface area contributed by atoms with E-state index < -0.39 is 11.6 Å². The molecule has 4 heteroatoms. The van der Waals surface area contributed by atoms with Gasteiger partial charge in [-0.05, 0) is 27.2 Å². The van der Waals surface area contributed by atoms with Crippen LogP contribution in [0.4, 0.5) is 0 Å². The molecule has 1 N–H and O–H groups in total. The largest absolute Gasteiger partial charge is 0.340 e. The molecule has 0 aromatic rings. The quantitative estimate of drug-likeness (QED) is 0.741. The first-order valence-corrected chi connectivity index (χ1v) is 5.95. The zero-order valence-corrected chi connectivity index (χ0v) is 10.9. The lowest BCUT2D eigenvalue weighted by molar-refractivity contribution is -0.156. The Balaban J connectivity index is 3.04. The molecule has 0 aromatic heterocycles. The number of piperazine rings is 1. The fourth-order valence-corrected chi connectivity index (χ4v) is 2.11. The molecule has 0 bridgehead atoms. The van der Waals surface area contributed by atoms with Crippen molar-refractivity contribution in [1.82, 2.24) is 10.2 Å². The van der Waals surface area contributed by atoms with Gasteiger partial charge in [0.2, 0.25) is 11.8 Å². The number of rotatable bonds is 3. The number of hydrogen-bond acceptors (Lipinski definition) is 2. The van der Waals surface area contributed by atoms with E-state index in [9.17, 15) is 9.59 Å². The zero-order chi connectivity index (χ0) is 13.2. The van der Waals surface area contributed by atoms with Gasteiger partial charge in [0, 0.05) is 12.5 Å². The fraction of sp³-hybridized carbons (Fsp3) is 0.692. The minimum atomic E-state index is -0.799. The molecule has 1 aliphatic rings. The first-order valence-electron chi connectivity index (χ1n) is 5.95. The van der Waals surface area contributed by atoms with E-state index in [-0.39, 0.29) is 17.9 Å². The van der Waals surface area contributed by atoms with E-state index in [0.29, 0.717) is 12.8 Å². The molecular formula is C13H20N2O2. The summed E-state index contributed by atoms with van der Waals surface area (Å²) in [7, 11) is 0. The lowest BCUT2D eigenvalue weighted by Gasteiger charge is -2.45. The summed E-state index contributed by atoms with van der Waals surface area (Å²) < 4.78 is 0. The first-order chi connectivity index (χ1) is 7.87. The van der Waals surface area contributed by atoms with Gasteiger partial charge in [-0.1, -0.05) is 6.92 Å². The van der Waals surface area contributed by atoms with Crippen LogP contribution in [0.3, 0.4) is 0 Å². The first kappa shape index (κ1) is 13.6. The molecule has 17 heavy (non-hydrogen) atoms. The van der Waals surface area contributed by atoms with Gasteiger partial charge >= 0.3 is 0 Å². The van der Waals surface area contributed by atoms with Crippen LogP contribution in [0.2, 0.25) is 0 Å². The van der Waals surface area contributed by atoms with E-state index in [1.807, 2.05) is 13.8 Å². The summed E-state index contributed by atoms with van der Waals surface area (Å²) in [4.78, 5) is 25.9. The summed E-state index contributed by atoms with van der Waals surface area (Å²) in [6, 6.07) is -0.565. The van der Waals surface area contributed by atoms with Gasteiger partial charge in [0.25, 0.3) is 0 Å². The van der Waals surface area contributed by atoms with Crippen LogP contribution in [-0.2, 0) is 9.59 Å². The molecule has 0 saturated carbocycles. The molecule has 0 spiro atoms. The van der Waals surface area contributed by atoms with Gasteiger partial charge in [-0.15, -0.1) is 12.3 Å². The normalized spacial score (nSPS) is 30.8. The van der Waals surface area contributed by atoms with Gasteiger partial charge in [-0.25, -0.2) is 0 Å². The number of nitrogens with zero attached hydrogens (tertiary/aromatic N) is 1. The third kappa shape index (κ3) is 2.28. The van der Waals surface area contributed by atoms with E-state index in [4.69, 9.17) is 6.42 Å². The maximum atomic E-state index is 12.4. The Morgan fingerprint density at radius 2 is 2.18 bits per heavy atom. The molecule has 3 atom stereocenters. The monoisotopic (exact) mass is 236 g/mol. The number of carbonyl (C=O) groups excluding carboxylic acids is 2. The van der Waals surface area contributed by atoms with Crippen molar-refractivity contribution in [2.75, 3.05) is 0 Å². The molecule has 0 aromatic carbocycles. The van der Waals surface area contributed by atoms with E-state index >= 15 is 0 Å². The summed E-state index contributed by atoms with van der Waals surface area (Å²) in [5, 5.41) is 2.79. The number of hydrogen-bond donors (Lipinski definition) is 1. The van der Waals surface area contributed by atoms with Crippen LogP contribution in [0.15, 0.2) is 0 Å². The Morgan fingerprint density at radius 1 is 1.59 bits per heavy atom. The molecule has 1 saturated heterocycles. The molecular weight excluding hydrogens is 216 g/mol. The van der Waals surface area contributed by atoms with Crippen molar-refractivity contribution in [2.24, 2.45) is 0 Å². The SMILES string of the molecule is C#CCC(C)N1C(=O)C(C)(CC)NC(=O)C1C. The molecule has 1 rings (SSSR count). The van der Waals surface area contributed by atoms with Gasteiger partial charge in [-0.2, -0.15) is 0 Å². The van der Waals surface area contributed by atoms with Crippen molar-refractivity contribution < 1.29 is 9.59 Å². The molecule has 94 valence electrons. The maximum Gasteiger partial charge on any atom is 0.248 e. The number of carbonyl (C=O) groups is 2. The van der Waals surface area contributed by atoms with Gasteiger partial charge < -0.3 is 10.2 Å². The molecule has 3 unspecified atom stereocenters. The summed E-state index contributed by atoms with van der Waals surface area (Å²) in [6.07, 6.45) is 6.31. The number of nitrogens with one attached hydrogen (secondary N) is 1. The molecule has 0 aliphatic carbocycles. The fourth-order valence-electron chi connectivity index (χ4n) is 2.11. The second kappa shape index (κ2) is 4.79. The molecule has 1 aliphatic heterocycles. The zero-order valence-electron chi connectivity index (χ0n) is 10.9. The van der Waals surface area contributed by atoms with Crippen LogP contribution >= 0.6 is 0 Å². The van der Waals surface area contributed by atoms with Crippen LogP contribution in [0, 0.1) is 12.3 Å². The highest BCUT2D eigenvalue weighted by Gasteiger charge is 2.46. The number of amides is 2. The average Bonchev–Trinajstić information content (AvgIpc) is 2.27. The third-order valence-corrected chi connectivity index (χ3v) is 3.50. The topological polar surface area (TPSA) is 49.4 Å². The smallest absolute Gasteiger partial charge is 0.248 e. The van der Waals surface area contributed by atoms with Crippen molar-refractivity contribution in [3.8, 4) is 12.3 Å². The van der Waals surface area contributed by atoms with Gasteiger partial charge in [-0.3, -0.25) is 9.59 Å². The van der Waals surface area contributed by atoms with Crippen molar-refractivity contribution in [1.29, 1.82) is 0 Å². The van der Waals surface area contributed by atoms with Gasteiger partial charge in [0.05, 0.1) is 0 Å². The second-order valence-corrected chi connectivity index (χ2v) is 4.82. The average molecular weight is 236 g/mol. The maximum absolute atomic E-state index is 12.4. The van der Waals surface area contributed by atoms with Crippen LogP contribution < -0.4 is 5.32 Å². The van der Waals surface area contributed by atoms with Crippen molar-refractivity contribution in [2.45, 2.75) is 58.2 Å². The predicted molar refractivity (Wildman–Crippen MR) is 66.1 cm³/mol. The Kier molecular flexibility index (Phi) is 3.82. The Bertz CT molecular complexity index is 372. The Hall–Kier alpha value is -1.50. The van der Waals surface area contributed by atoms with Crippen LogP contribution in [0.5, 0.6) is 0 Å². The Labute approximate surface area is 103 Å². The minimum Gasteiger partial charge on any atom is -0.340 e. The van der Waals surface area contributed by atoms with Crippen LogP contribution in [0.1, 0.15) is 40.5 Å². The predicted octanol–water partition coefficient (Wildman–Crippen LogP) is 0.914. The van der Waals surface area contributed by atoms with E-state index in [2.05, 4.69) is 11.2 Å². The summed E-state index contributed by atoms with van der Waals surface area (Å²) in [5.41, 5.74) is -0.799. The third-order valence-electron chi connectivity index (χ3n) is 3.50. The van der Waals surface area contributed by atoms with Crippen molar-refractivity contribution in [3.63, 3.8) is 0 Å². The van der Waals surface area contributed by atoms with Crippen LogP contribution in [-0.4, -0.2) is 34.3 Å². The van der Waals surface area contributed by atoms with E-state index in [1.54, 1.807) is 18.7 Å². The molecule has 4 nitrogen and oxygen atoms in total. The standard InChI is InChI=1S/C13H20N2O2/c1-6-8-9(3)15-10(4)11(16)14-13(5,7-2)12(15)17/h1,9-10H,7-8H2,2-5H3,(H,14,16). The Morgan fingerprint density at radius 3 is 2.65 bits per heavy atom. The van der Waals surface area contributed by atoms with E-state index in [1.165, 1.54) is 0 Å². The van der Waals surface area contributed by atoms with Gasteiger partial charge in [0.15, 0.2) is 0 Å². The second-order valence-electron chi connectivity index (χ2n) is 4.82. The highest BCUT2D eigenvalue weighted by atomic mass is 16.2. The van der Waals surface area contributed by atoms with Gasteiger partial charge in [0.1, 0.15) is 11.6 Å². The summed E-state index contributed by atoms with van der Waals surface area (Å²) in [6.45, 7) is 7.26. The van der Waals surface area contributed by atoms with Crippen molar-refractivity contribution in [3.05, 3.63) is 0 Å². The highest BCUT2D eigenvalue weighted by molar-refractivity contribution is 5.99. The lowest BCUT2D eigenvalue weighted by atomic mass is 9.91. The summed E-state index contributed by atoms with van der Waals surface area (Å²) >= 11 is 0. The van der Waals surface area contributed by atoms with Crippen molar-refractivity contribution >= 4 is 11.8 Å². The number of terminal acetylenes is 1. The molecule has 1 fully saturated rings. The highest BCUT2D eigenvalue weighted by Crippen LogP contribution is 2.24. The molecule has 0 radical (unpaired) electrons. The van der Waals surface area contributed by atoms with E-state index in [0.717, 1.165) is 0 Å². The summed E-state index contributed by atoms with van der Waals surface area (Å²) in [5.74, 6) is 2.38. The molecule has 1 heterocycles.